The van der Waals surface area contributed by atoms with E-state index < -0.39 is 6.10 Å². The van der Waals surface area contributed by atoms with Gasteiger partial charge >= 0.3 is 0 Å². The summed E-state index contributed by atoms with van der Waals surface area (Å²) < 4.78 is 9.96. The molecule has 0 spiro atoms. The number of aliphatic hydroxyl groups is 1. The highest BCUT2D eigenvalue weighted by Crippen LogP contribution is 2.22. The van der Waals surface area contributed by atoms with E-state index in [1.807, 2.05) is 0 Å². The van der Waals surface area contributed by atoms with Crippen LogP contribution in [0.5, 0.6) is 0 Å². The monoisotopic (exact) mass is 189 g/mol. The van der Waals surface area contributed by atoms with Gasteiger partial charge in [0.25, 0.3) is 0 Å². The summed E-state index contributed by atoms with van der Waals surface area (Å²) in [5.74, 6) is 0. The molecule has 1 rings (SSSR count). The van der Waals surface area contributed by atoms with Crippen molar-refractivity contribution in [2.24, 2.45) is 0 Å². The molecule has 1 aliphatic carbocycles. The first-order valence-corrected chi connectivity index (χ1v) is 4.69. The molecular formula is C9H19NO3. The summed E-state index contributed by atoms with van der Waals surface area (Å²) in [6, 6.07) is 0.511. The Morgan fingerprint density at radius 1 is 1.46 bits per heavy atom. The van der Waals surface area contributed by atoms with Crippen molar-refractivity contribution in [2.75, 3.05) is 27.4 Å². The molecule has 0 aromatic carbocycles. The molecule has 0 aromatic rings. The largest absolute Gasteiger partial charge is 0.389 e. The van der Waals surface area contributed by atoms with Gasteiger partial charge in [-0.2, -0.15) is 0 Å². The Hall–Kier alpha value is -0.160. The Balaban J connectivity index is 1.95. The molecule has 0 heterocycles. The van der Waals surface area contributed by atoms with Gasteiger partial charge < -0.3 is 19.9 Å². The van der Waals surface area contributed by atoms with Gasteiger partial charge in [0, 0.05) is 26.8 Å². The number of methoxy groups -OCH3 is 2. The maximum Gasteiger partial charge on any atom is 0.0897 e. The zero-order valence-electron chi connectivity index (χ0n) is 8.32. The van der Waals surface area contributed by atoms with Gasteiger partial charge in [-0.3, -0.25) is 0 Å². The van der Waals surface area contributed by atoms with Crippen molar-refractivity contribution in [2.45, 2.75) is 31.1 Å². The van der Waals surface area contributed by atoms with Crippen molar-refractivity contribution in [3.05, 3.63) is 0 Å². The lowest BCUT2D eigenvalue weighted by Crippen LogP contribution is -2.47. The van der Waals surface area contributed by atoms with Crippen molar-refractivity contribution >= 4 is 0 Å². The van der Waals surface area contributed by atoms with Gasteiger partial charge in [-0.1, -0.05) is 0 Å². The minimum atomic E-state index is -0.397. The minimum absolute atomic E-state index is 0.396. The molecule has 1 unspecified atom stereocenters. The lowest BCUT2D eigenvalue weighted by Gasteiger charge is -2.35. The van der Waals surface area contributed by atoms with Gasteiger partial charge in [-0.05, 0) is 12.8 Å². The molecule has 0 bridgehead atoms. The van der Waals surface area contributed by atoms with Gasteiger partial charge in [-0.25, -0.2) is 0 Å². The molecule has 0 radical (unpaired) electrons. The highest BCUT2D eigenvalue weighted by molar-refractivity contribution is 4.86. The van der Waals surface area contributed by atoms with Crippen LogP contribution in [-0.4, -0.2) is 50.7 Å². The van der Waals surface area contributed by atoms with Crippen LogP contribution in [0.25, 0.3) is 0 Å². The summed E-state index contributed by atoms with van der Waals surface area (Å²) in [5.41, 5.74) is 0. The molecule has 2 N–H and O–H groups in total. The summed E-state index contributed by atoms with van der Waals surface area (Å²) in [6.07, 6.45) is 2.12. The summed E-state index contributed by atoms with van der Waals surface area (Å²) in [4.78, 5) is 0. The second-order valence-electron chi connectivity index (χ2n) is 3.54. The third-order valence-electron chi connectivity index (χ3n) is 2.43. The average Bonchev–Trinajstić information content (AvgIpc) is 2.02. The fourth-order valence-electron chi connectivity index (χ4n) is 1.48. The summed E-state index contributed by atoms with van der Waals surface area (Å²) in [5, 5.41) is 12.6. The van der Waals surface area contributed by atoms with Crippen molar-refractivity contribution in [3.63, 3.8) is 0 Å². The number of rotatable bonds is 6. The van der Waals surface area contributed by atoms with E-state index in [1.54, 1.807) is 14.2 Å². The van der Waals surface area contributed by atoms with Gasteiger partial charge in [0.05, 0.1) is 18.8 Å². The van der Waals surface area contributed by atoms with E-state index in [0.29, 0.717) is 25.3 Å². The Morgan fingerprint density at radius 3 is 2.69 bits per heavy atom. The van der Waals surface area contributed by atoms with E-state index in [-0.39, 0.29) is 0 Å². The Morgan fingerprint density at radius 2 is 2.15 bits per heavy atom. The fourth-order valence-corrected chi connectivity index (χ4v) is 1.48. The van der Waals surface area contributed by atoms with Crippen molar-refractivity contribution in [3.8, 4) is 0 Å². The third kappa shape index (κ3) is 3.60. The number of ether oxygens (including phenoxy) is 2. The maximum absolute atomic E-state index is 9.32. The molecule has 4 nitrogen and oxygen atoms in total. The van der Waals surface area contributed by atoms with Crippen molar-refractivity contribution in [1.82, 2.24) is 5.32 Å². The lowest BCUT2D eigenvalue weighted by atomic mass is 9.89. The normalized spacial score (nSPS) is 29.8. The van der Waals surface area contributed by atoms with E-state index in [0.717, 1.165) is 12.8 Å². The molecule has 1 aliphatic rings. The SMILES string of the molecule is COCC(O)CNC1CC(OC)C1. The molecule has 4 heteroatoms. The number of nitrogens with one attached hydrogen (secondary N) is 1. The number of hydrogen-bond acceptors (Lipinski definition) is 4. The molecule has 1 fully saturated rings. The van der Waals surface area contributed by atoms with Crippen LogP contribution in [-0.2, 0) is 9.47 Å². The van der Waals surface area contributed by atoms with E-state index in [4.69, 9.17) is 9.47 Å². The van der Waals surface area contributed by atoms with E-state index >= 15 is 0 Å². The van der Waals surface area contributed by atoms with E-state index in [9.17, 15) is 5.11 Å². The summed E-state index contributed by atoms with van der Waals surface area (Å²) >= 11 is 0. The van der Waals surface area contributed by atoms with E-state index in [1.165, 1.54) is 0 Å². The zero-order chi connectivity index (χ0) is 9.68. The molecule has 1 saturated carbocycles. The second kappa shape index (κ2) is 5.54. The van der Waals surface area contributed by atoms with Crippen LogP contribution in [0.15, 0.2) is 0 Å². The highest BCUT2D eigenvalue weighted by atomic mass is 16.5. The predicted octanol–water partition coefficient (Wildman–Crippen LogP) is -0.239. The first-order chi connectivity index (χ1) is 6.26. The van der Waals surface area contributed by atoms with Gasteiger partial charge in [-0.15, -0.1) is 0 Å². The summed E-state index contributed by atoms with van der Waals surface area (Å²) in [6.45, 7) is 1.00. The van der Waals surface area contributed by atoms with Gasteiger partial charge in [0.15, 0.2) is 0 Å². The molecule has 0 aliphatic heterocycles. The first-order valence-electron chi connectivity index (χ1n) is 4.69. The highest BCUT2D eigenvalue weighted by Gasteiger charge is 2.28. The van der Waals surface area contributed by atoms with Crippen LogP contribution < -0.4 is 5.32 Å². The predicted molar refractivity (Wildman–Crippen MR) is 49.7 cm³/mol. The average molecular weight is 189 g/mol. The molecule has 78 valence electrons. The molecule has 1 atom stereocenters. The number of hydrogen-bond donors (Lipinski definition) is 2. The van der Waals surface area contributed by atoms with Crippen LogP contribution in [0.1, 0.15) is 12.8 Å². The fraction of sp³-hybridized carbons (Fsp3) is 1.00. The Kier molecular flexibility index (Phi) is 4.66. The van der Waals surface area contributed by atoms with Crippen LogP contribution in [0.3, 0.4) is 0 Å². The van der Waals surface area contributed by atoms with Gasteiger partial charge in [0.2, 0.25) is 0 Å². The zero-order valence-corrected chi connectivity index (χ0v) is 8.32. The Labute approximate surface area is 79.2 Å². The lowest BCUT2D eigenvalue weighted by molar-refractivity contribution is 0.00869. The smallest absolute Gasteiger partial charge is 0.0897 e. The number of aliphatic hydroxyl groups excluding tert-OH is 1. The van der Waals surface area contributed by atoms with Crippen LogP contribution >= 0.6 is 0 Å². The molecule has 0 saturated heterocycles. The first kappa shape index (κ1) is 10.9. The van der Waals surface area contributed by atoms with E-state index in [2.05, 4.69) is 5.32 Å². The van der Waals surface area contributed by atoms with Crippen molar-refractivity contribution in [1.29, 1.82) is 0 Å². The van der Waals surface area contributed by atoms with Crippen LogP contribution in [0.4, 0.5) is 0 Å². The quantitative estimate of drug-likeness (QED) is 0.605. The third-order valence-corrected chi connectivity index (χ3v) is 2.43. The molecule has 0 aromatic heterocycles. The van der Waals surface area contributed by atoms with Crippen molar-refractivity contribution < 1.29 is 14.6 Å². The van der Waals surface area contributed by atoms with Crippen LogP contribution in [0.2, 0.25) is 0 Å². The maximum atomic E-state index is 9.32. The summed E-state index contributed by atoms with van der Waals surface area (Å²) in [7, 11) is 3.33. The standard InChI is InChI=1S/C9H19NO3/c1-12-6-8(11)5-10-7-3-9(4-7)13-2/h7-11H,3-6H2,1-2H3. The molecule has 0 amide bonds. The molecular weight excluding hydrogens is 170 g/mol. The molecule has 13 heavy (non-hydrogen) atoms. The topological polar surface area (TPSA) is 50.7 Å². The second-order valence-corrected chi connectivity index (χ2v) is 3.54. The van der Waals surface area contributed by atoms with Crippen LogP contribution in [0, 0.1) is 0 Å². The minimum Gasteiger partial charge on any atom is -0.389 e. The Bertz CT molecular complexity index is 137. The van der Waals surface area contributed by atoms with Gasteiger partial charge in [0.1, 0.15) is 0 Å².